The van der Waals surface area contributed by atoms with Gasteiger partial charge in [0.1, 0.15) is 6.33 Å². The number of para-hydroxylation sites is 1. The molecule has 0 fully saturated rings. The van der Waals surface area contributed by atoms with E-state index in [0.29, 0.717) is 5.69 Å². The molecule has 132 valence electrons. The zero-order valence-corrected chi connectivity index (χ0v) is 15.5. The lowest BCUT2D eigenvalue weighted by Crippen LogP contribution is -2.11. The van der Waals surface area contributed by atoms with Gasteiger partial charge in [-0.1, -0.05) is 42.5 Å². The lowest BCUT2D eigenvalue weighted by atomic mass is 10.1. The summed E-state index contributed by atoms with van der Waals surface area (Å²) in [4.78, 5) is 19.3. The summed E-state index contributed by atoms with van der Waals surface area (Å²) in [5.41, 5.74) is 1.48. The summed E-state index contributed by atoms with van der Waals surface area (Å²) in [6, 6.07) is 16.8. The van der Waals surface area contributed by atoms with E-state index in [0.717, 1.165) is 10.0 Å². The number of nitro groups is 1. The summed E-state index contributed by atoms with van der Waals surface area (Å²) < 4.78 is 0.778. The first kappa shape index (κ1) is 17.8. The highest BCUT2D eigenvalue weighted by Gasteiger charge is 2.24. The molecular weight excluding hydrogens is 398 g/mol. The largest absolute Gasteiger partial charge is 0.358 e. The third-order valence-corrected chi connectivity index (χ3v) is 4.48. The van der Waals surface area contributed by atoms with Crippen molar-refractivity contribution in [2.45, 2.75) is 13.0 Å². The van der Waals surface area contributed by atoms with E-state index in [1.54, 1.807) is 6.07 Å². The second-order valence-electron chi connectivity index (χ2n) is 5.56. The van der Waals surface area contributed by atoms with Crippen molar-refractivity contribution in [3.8, 4) is 0 Å². The minimum atomic E-state index is -0.487. The second-order valence-corrected chi connectivity index (χ2v) is 6.41. The summed E-state index contributed by atoms with van der Waals surface area (Å²) in [5, 5.41) is 17.8. The molecule has 3 rings (SSSR count). The standard InChI is InChI=1S/C18H16BrN5O2/c1-12(13-7-3-2-4-8-13)22-17-16(24(25)26)18(21-11-20-17)23-15-10-6-5-9-14(15)19/h2-12H,1H3,(H2,20,21,22,23). The van der Waals surface area contributed by atoms with Crippen molar-refractivity contribution < 1.29 is 4.92 Å². The van der Waals surface area contributed by atoms with Gasteiger partial charge in [-0.2, -0.15) is 0 Å². The number of hydrogen-bond donors (Lipinski definition) is 2. The molecule has 0 radical (unpaired) electrons. The van der Waals surface area contributed by atoms with Crippen LogP contribution in [-0.4, -0.2) is 14.9 Å². The lowest BCUT2D eigenvalue weighted by Gasteiger charge is -2.16. The summed E-state index contributed by atoms with van der Waals surface area (Å²) >= 11 is 3.41. The van der Waals surface area contributed by atoms with E-state index in [9.17, 15) is 10.1 Å². The molecular formula is C18H16BrN5O2. The molecule has 0 aliphatic heterocycles. The summed E-state index contributed by atoms with van der Waals surface area (Å²) in [6.45, 7) is 1.92. The Labute approximate surface area is 158 Å². The van der Waals surface area contributed by atoms with Crippen LogP contribution in [0, 0.1) is 10.1 Å². The van der Waals surface area contributed by atoms with E-state index >= 15 is 0 Å². The van der Waals surface area contributed by atoms with Crippen LogP contribution in [0.1, 0.15) is 18.5 Å². The van der Waals surface area contributed by atoms with E-state index in [1.807, 2.05) is 55.5 Å². The zero-order chi connectivity index (χ0) is 18.5. The Hall–Kier alpha value is -3.00. The molecule has 0 amide bonds. The maximum atomic E-state index is 11.7. The van der Waals surface area contributed by atoms with Gasteiger partial charge in [0.05, 0.1) is 16.7 Å². The van der Waals surface area contributed by atoms with E-state index in [-0.39, 0.29) is 23.4 Å². The van der Waals surface area contributed by atoms with Gasteiger partial charge in [-0.3, -0.25) is 10.1 Å². The van der Waals surface area contributed by atoms with Crippen LogP contribution in [0.25, 0.3) is 0 Å². The fourth-order valence-corrected chi connectivity index (χ4v) is 2.85. The predicted molar refractivity (Wildman–Crippen MR) is 105 cm³/mol. The number of benzene rings is 2. The molecule has 1 atom stereocenters. The van der Waals surface area contributed by atoms with Gasteiger partial charge < -0.3 is 10.6 Å². The summed E-state index contributed by atoms with van der Waals surface area (Å²) in [7, 11) is 0. The Bertz CT molecular complexity index is 920. The molecule has 1 aromatic heterocycles. The molecule has 1 unspecified atom stereocenters. The number of hydrogen-bond acceptors (Lipinski definition) is 6. The van der Waals surface area contributed by atoms with E-state index in [4.69, 9.17) is 0 Å². The molecule has 1 heterocycles. The van der Waals surface area contributed by atoms with Crippen LogP contribution in [0.15, 0.2) is 65.4 Å². The average molecular weight is 414 g/mol. The van der Waals surface area contributed by atoms with Gasteiger partial charge in [0, 0.05) is 4.47 Å². The van der Waals surface area contributed by atoms with Gasteiger partial charge in [0.25, 0.3) is 0 Å². The Balaban J connectivity index is 1.94. The van der Waals surface area contributed by atoms with Crippen LogP contribution in [0.5, 0.6) is 0 Å². The normalized spacial score (nSPS) is 11.6. The van der Waals surface area contributed by atoms with E-state index in [2.05, 4.69) is 36.5 Å². The van der Waals surface area contributed by atoms with Crippen molar-refractivity contribution in [3.63, 3.8) is 0 Å². The Morgan fingerprint density at radius 1 is 1.04 bits per heavy atom. The van der Waals surface area contributed by atoms with Gasteiger partial charge in [-0.25, -0.2) is 9.97 Å². The molecule has 7 nitrogen and oxygen atoms in total. The molecule has 26 heavy (non-hydrogen) atoms. The van der Waals surface area contributed by atoms with Crippen molar-refractivity contribution in [1.82, 2.24) is 9.97 Å². The van der Waals surface area contributed by atoms with Gasteiger partial charge in [0.2, 0.25) is 11.6 Å². The number of anilines is 3. The number of nitrogens with zero attached hydrogens (tertiary/aromatic N) is 3. The highest BCUT2D eigenvalue weighted by Crippen LogP contribution is 2.34. The first-order chi connectivity index (χ1) is 12.6. The third-order valence-electron chi connectivity index (χ3n) is 3.78. The topological polar surface area (TPSA) is 93.0 Å². The highest BCUT2D eigenvalue weighted by molar-refractivity contribution is 9.10. The Morgan fingerprint density at radius 2 is 1.69 bits per heavy atom. The monoisotopic (exact) mass is 413 g/mol. The van der Waals surface area contributed by atoms with Gasteiger partial charge in [-0.15, -0.1) is 0 Å². The molecule has 0 aliphatic carbocycles. The molecule has 0 saturated carbocycles. The quantitative estimate of drug-likeness (QED) is 0.433. The molecule has 0 aliphatic rings. The molecule has 2 N–H and O–H groups in total. The molecule has 0 bridgehead atoms. The maximum absolute atomic E-state index is 11.7. The molecule has 0 spiro atoms. The first-order valence-corrected chi connectivity index (χ1v) is 8.68. The number of halogens is 1. The van der Waals surface area contributed by atoms with Crippen molar-refractivity contribution in [1.29, 1.82) is 0 Å². The number of aromatic nitrogens is 2. The van der Waals surface area contributed by atoms with Crippen LogP contribution < -0.4 is 10.6 Å². The van der Waals surface area contributed by atoms with Crippen molar-refractivity contribution in [2.75, 3.05) is 10.6 Å². The molecule has 0 saturated heterocycles. The lowest BCUT2D eigenvalue weighted by molar-refractivity contribution is -0.383. The van der Waals surface area contributed by atoms with E-state index in [1.165, 1.54) is 6.33 Å². The minimum Gasteiger partial charge on any atom is -0.358 e. The average Bonchev–Trinajstić information content (AvgIpc) is 2.64. The van der Waals surface area contributed by atoms with Crippen LogP contribution >= 0.6 is 15.9 Å². The number of nitrogens with one attached hydrogen (secondary N) is 2. The summed E-state index contributed by atoms with van der Waals surface area (Å²) in [6.07, 6.45) is 1.30. The SMILES string of the molecule is CC(Nc1ncnc(Nc2ccccc2Br)c1[N+](=O)[O-])c1ccccc1. The first-order valence-electron chi connectivity index (χ1n) is 7.88. The van der Waals surface area contributed by atoms with Gasteiger partial charge in [0.15, 0.2) is 0 Å². The van der Waals surface area contributed by atoms with Crippen LogP contribution in [-0.2, 0) is 0 Å². The van der Waals surface area contributed by atoms with Crippen LogP contribution in [0.4, 0.5) is 23.0 Å². The minimum absolute atomic E-state index is 0.125. The van der Waals surface area contributed by atoms with Crippen LogP contribution in [0.2, 0.25) is 0 Å². The second kappa shape index (κ2) is 7.92. The maximum Gasteiger partial charge on any atom is 0.353 e. The van der Waals surface area contributed by atoms with E-state index < -0.39 is 4.92 Å². The van der Waals surface area contributed by atoms with Crippen LogP contribution in [0.3, 0.4) is 0 Å². The van der Waals surface area contributed by atoms with Gasteiger partial charge >= 0.3 is 5.69 Å². The Morgan fingerprint density at radius 3 is 2.38 bits per heavy atom. The van der Waals surface area contributed by atoms with Crippen molar-refractivity contribution in [3.05, 3.63) is 81.1 Å². The predicted octanol–water partition coefficient (Wildman–Crippen LogP) is 5.06. The fraction of sp³-hybridized carbons (Fsp3) is 0.111. The summed E-state index contributed by atoms with van der Waals surface area (Å²) in [5.74, 6) is 0.288. The molecule has 3 aromatic rings. The smallest absolute Gasteiger partial charge is 0.353 e. The highest BCUT2D eigenvalue weighted by atomic mass is 79.9. The van der Waals surface area contributed by atoms with Gasteiger partial charge in [-0.05, 0) is 40.5 Å². The zero-order valence-electron chi connectivity index (χ0n) is 13.9. The molecule has 2 aromatic carbocycles. The fourth-order valence-electron chi connectivity index (χ4n) is 2.47. The Kier molecular flexibility index (Phi) is 5.43. The molecule has 8 heteroatoms. The van der Waals surface area contributed by atoms with Crippen molar-refractivity contribution >= 4 is 38.9 Å². The third kappa shape index (κ3) is 3.97. The van der Waals surface area contributed by atoms with Crippen molar-refractivity contribution in [2.24, 2.45) is 0 Å². The number of rotatable bonds is 6.